The minimum absolute atomic E-state index is 0.0710. The second-order valence-electron chi connectivity index (χ2n) is 7.50. The minimum atomic E-state index is -0.405. The molecule has 0 aliphatic rings. The molecule has 1 atom stereocenters. The maximum atomic E-state index is 12.5. The van der Waals surface area contributed by atoms with Crippen LogP contribution in [0.1, 0.15) is 41.0 Å². The largest absolute Gasteiger partial charge is 0.491 e. The molecule has 1 aromatic carbocycles. The molecule has 0 bridgehead atoms. The minimum Gasteiger partial charge on any atom is -0.491 e. The van der Waals surface area contributed by atoms with E-state index in [1.165, 1.54) is 0 Å². The lowest BCUT2D eigenvalue weighted by Crippen LogP contribution is -2.29. The van der Waals surface area contributed by atoms with E-state index in [0.717, 1.165) is 33.8 Å². The van der Waals surface area contributed by atoms with Gasteiger partial charge in [-0.3, -0.25) is 4.79 Å². The first-order valence-electron chi connectivity index (χ1n) is 10.1. The number of carbonyl (C=O) groups excluding carboxylic acids is 1. The molecule has 1 amide bonds. The molecule has 0 saturated heterocycles. The van der Waals surface area contributed by atoms with Crippen LogP contribution in [0.2, 0.25) is 0 Å². The van der Waals surface area contributed by atoms with E-state index < -0.39 is 5.91 Å². The smallest absolute Gasteiger partial charge is 0.262 e. The van der Waals surface area contributed by atoms with Crippen molar-refractivity contribution in [2.24, 2.45) is 0 Å². The van der Waals surface area contributed by atoms with Crippen LogP contribution >= 0.6 is 0 Å². The molecule has 1 heterocycles. The van der Waals surface area contributed by atoms with Gasteiger partial charge < -0.3 is 19.4 Å². The molecule has 0 aliphatic heterocycles. The maximum absolute atomic E-state index is 12.5. The molecule has 0 saturated carbocycles. The molecule has 30 heavy (non-hydrogen) atoms. The van der Waals surface area contributed by atoms with Gasteiger partial charge in [0.2, 0.25) is 0 Å². The summed E-state index contributed by atoms with van der Waals surface area (Å²) in [6.45, 7) is 11.3. The summed E-state index contributed by atoms with van der Waals surface area (Å²) >= 11 is 0. The zero-order valence-electron chi connectivity index (χ0n) is 18.7. The van der Waals surface area contributed by atoms with Gasteiger partial charge in [0, 0.05) is 18.5 Å². The Labute approximate surface area is 179 Å². The fraction of sp³-hybridized carbons (Fsp3) is 0.417. The number of aryl methyl sites for hydroxylation is 3. The summed E-state index contributed by atoms with van der Waals surface area (Å²) in [6.07, 6.45) is 1.64. The number of ether oxygens (including phenoxy) is 2. The summed E-state index contributed by atoms with van der Waals surface area (Å²) in [5.41, 5.74) is 5.09. The van der Waals surface area contributed by atoms with Crippen LogP contribution in [-0.2, 0) is 9.53 Å². The number of hydrogen-bond donors (Lipinski definition) is 1. The highest BCUT2D eigenvalue weighted by Crippen LogP contribution is 2.23. The van der Waals surface area contributed by atoms with E-state index in [0.29, 0.717) is 19.8 Å². The van der Waals surface area contributed by atoms with E-state index >= 15 is 0 Å². The van der Waals surface area contributed by atoms with Crippen molar-refractivity contribution in [2.45, 2.75) is 40.7 Å². The maximum Gasteiger partial charge on any atom is 0.262 e. The summed E-state index contributed by atoms with van der Waals surface area (Å²) in [7, 11) is 1.67. The Morgan fingerprint density at radius 2 is 1.93 bits per heavy atom. The highest BCUT2D eigenvalue weighted by molar-refractivity contribution is 6.01. The summed E-state index contributed by atoms with van der Waals surface area (Å²) < 4.78 is 13.2. The normalized spacial score (nSPS) is 12.4. The van der Waals surface area contributed by atoms with E-state index in [9.17, 15) is 10.1 Å². The lowest BCUT2D eigenvalue weighted by Gasteiger charge is -2.17. The second kappa shape index (κ2) is 10.7. The third kappa shape index (κ3) is 5.52. The zero-order valence-corrected chi connectivity index (χ0v) is 18.7. The molecule has 1 unspecified atom stereocenters. The molecule has 6 nitrogen and oxygen atoms in total. The van der Waals surface area contributed by atoms with E-state index in [2.05, 4.69) is 16.8 Å². The van der Waals surface area contributed by atoms with Gasteiger partial charge in [-0.15, -0.1) is 0 Å². The Balaban J connectivity index is 2.04. The molecule has 0 spiro atoms. The number of hydrogen-bond acceptors (Lipinski definition) is 4. The number of rotatable bonds is 9. The number of para-hydroxylation sites is 1. The van der Waals surface area contributed by atoms with Crippen molar-refractivity contribution in [1.82, 2.24) is 9.88 Å². The van der Waals surface area contributed by atoms with Crippen molar-refractivity contribution >= 4 is 12.0 Å². The lowest BCUT2D eigenvalue weighted by atomic mass is 10.1. The summed E-state index contributed by atoms with van der Waals surface area (Å²) in [5.74, 6) is 0.428. The Kier molecular flexibility index (Phi) is 8.25. The van der Waals surface area contributed by atoms with Crippen LogP contribution in [0, 0.1) is 39.0 Å². The van der Waals surface area contributed by atoms with Crippen molar-refractivity contribution in [1.29, 1.82) is 5.26 Å². The Bertz CT molecular complexity index is 947. The number of benzene rings is 1. The fourth-order valence-electron chi connectivity index (χ4n) is 3.69. The number of amides is 1. The number of carbonyl (C=O) groups is 1. The van der Waals surface area contributed by atoms with Crippen molar-refractivity contribution in [2.75, 3.05) is 26.9 Å². The Morgan fingerprint density at radius 3 is 2.53 bits per heavy atom. The quantitative estimate of drug-likeness (QED) is 0.385. The third-order valence-electron chi connectivity index (χ3n) is 5.08. The standard InChI is InChI=1S/C24H31N3O3/c1-16-8-7-9-17(2)23(16)30-11-10-26-24(28)22(14-25)13-21-12-18(3)27(20(21)5)19(4)15-29-6/h7-9,12-13,19H,10-11,15H2,1-6H3,(H,26,28)/b22-13-. The van der Waals surface area contributed by atoms with Crippen LogP contribution in [0.4, 0.5) is 0 Å². The second-order valence-corrected chi connectivity index (χ2v) is 7.50. The lowest BCUT2D eigenvalue weighted by molar-refractivity contribution is -0.117. The van der Waals surface area contributed by atoms with Crippen molar-refractivity contribution in [3.05, 3.63) is 57.9 Å². The predicted molar refractivity (Wildman–Crippen MR) is 119 cm³/mol. The first-order chi connectivity index (χ1) is 14.3. The molecule has 0 aliphatic carbocycles. The van der Waals surface area contributed by atoms with Crippen LogP contribution < -0.4 is 10.1 Å². The van der Waals surface area contributed by atoms with Gasteiger partial charge in [-0.1, -0.05) is 18.2 Å². The average molecular weight is 410 g/mol. The highest BCUT2D eigenvalue weighted by Gasteiger charge is 2.15. The monoisotopic (exact) mass is 409 g/mol. The van der Waals surface area contributed by atoms with Crippen molar-refractivity contribution in [3.8, 4) is 11.8 Å². The van der Waals surface area contributed by atoms with Crippen LogP contribution in [0.25, 0.3) is 6.08 Å². The number of nitrogens with one attached hydrogen (secondary N) is 1. The first kappa shape index (κ1) is 23.2. The van der Waals surface area contributed by atoms with Crippen molar-refractivity contribution < 1.29 is 14.3 Å². The van der Waals surface area contributed by atoms with E-state index in [4.69, 9.17) is 9.47 Å². The molecule has 160 valence electrons. The van der Waals surface area contributed by atoms with Gasteiger partial charge in [-0.25, -0.2) is 0 Å². The van der Waals surface area contributed by atoms with Gasteiger partial charge in [-0.2, -0.15) is 5.26 Å². The molecule has 0 fully saturated rings. The SMILES string of the molecule is COCC(C)n1c(C)cc(/C=C(/C#N)C(=O)NCCOc2c(C)cccc2C)c1C. The molecule has 2 aromatic rings. The molecule has 0 radical (unpaired) electrons. The third-order valence-corrected chi connectivity index (χ3v) is 5.08. The number of methoxy groups -OCH3 is 1. The summed E-state index contributed by atoms with van der Waals surface area (Å²) in [5, 5.41) is 12.3. The van der Waals surface area contributed by atoms with Gasteiger partial charge in [0.25, 0.3) is 5.91 Å². The molecule has 2 rings (SSSR count). The van der Waals surface area contributed by atoms with Crippen LogP contribution in [0.5, 0.6) is 5.75 Å². The van der Waals surface area contributed by atoms with Gasteiger partial charge in [-0.05, 0) is 63.5 Å². The van der Waals surface area contributed by atoms with Crippen LogP contribution in [0.3, 0.4) is 0 Å². The number of aromatic nitrogens is 1. The highest BCUT2D eigenvalue weighted by atomic mass is 16.5. The Hall–Kier alpha value is -3.04. The molecule has 1 N–H and O–H groups in total. The summed E-state index contributed by atoms with van der Waals surface area (Å²) in [4.78, 5) is 12.5. The summed E-state index contributed by atoms with van der Waals surface area (Å²) in [6, 6.07) is 10.1. The topological polar surface area (TPSA) is 76.3 Å². The van der Waals surface area contributed by atoms with Gasteiger partial charge >= 0.3 is 0 Å². The van der Waals surface area contributed by atoms with E-state index in [1.54, 1.807) is 13.2 Å². The zero-order chi connectivity index (χ0) is 22.3. The molecule has 6 heteroatoms. The predicted octanol–water partition coefficient (Wildman–Crippen LogP) is 4.03. The average Bonchev–Trinajstić information content (AvgIpc) is 2.98. The number of nitriles is 1. The Morgan fingerprint density at radius 1 is 1.27 bits per heavy atom. The van der Waals surface area contributed by atoms with E-state index in [-0.39, 0.29) is 11.6 Å². The first-order valence-corrected chi connectivity index (χ1v) is 10.1. The molecular formula is C24H31N3O3. The van der Waals surface area contributed by atoms with Crippen molar-refractivity contribution in [3.63, 3.8) is 0 Å². The number of nitrogens with zero attached hydrogens (tertiary/aromatic N) is 2. The van der Waals surface area contributed by atoms with Gasteiger partial charge in [0.1, 0.15) is 24.0 Å². The fourth-order valence-corrected chi connectivity index (χ4v) is 3.69. The van der Waals surface area contributed by atoms with Gasteiger partial charge in [0.05, 0.1) is 19.2 Å². The van der Waals surface area contributed by atoms with Crippen LogP contribution in [0.15, 0.2) is 29.8 Å². The van der Waals surface area contributed by atoms with Crippen LogP contribution in [-0.4, -0.2) is 37.3 Å². The van der Waals surface area contributed by atoms with E-state index in [1.807, 2.05) is 58.0 Å². The van der Waals surface area contributed by atoms with Gasteiger partial charge in [0.15, 0.2) is 0 Å². The molecule has 1 aromatic heterocycles. The molecular weight excluding hydrogens is 378 g/mol.